The quantitative estimate of drug-likeness (QED) is 0.411. The van der Waals surface area contributed by atoms with Gasteiger partial charge >= 0.3 is 0 Å². The van der Waals surface area contributed by atoms with E-state index in [0.717, 1.165) is 25.2 Å². The van der Waals surface area contributed by atoms with Crippen LogP contribution in [0.1, 0.15) is 12.5 Å². The van der Waals surface area contributed by atoms with Gasteiger partial charge in [0.1, 0.15) is 12.4 Å². The van der Waals surface area contributed by atoms with Crippen molar-refractivity contribution >= 4 is 47.2 Å². The maximum atomic E-state index is 12.9. The number of benzene rings is 2. The van der Waals surface area contributed by atoms with Gasteiger partial charge in [0.2, 0.25) is 5.91 Å². The average Bonchev–Trinajstić information content (AvgIpc) is 3.05. The highest BCUT2D eigenvalue weighted by molar-refractivity contribution is 14.0. The molecule has 2 N–H and O–H groups in total. The number of halogens is 2. The van der Waals surface area contributed by atoms with E-state index in [1.54, 1.807) is 0 Å². The molecular weight excluding hydrogens is 446 g/mol. The second-order valence-electron chi connectivity index (χ2n) is 5.76. The van der Waals surface area contributed by atoms with Crippen LogP contribution in [-0.4, -0.2) is 31.5 Å². The molecule has 2 aromatic carbocycles. The first-order valence-corrected chi connectivity index (χ1v) is 8.36. The number of hydrogen-bond donors (Lipinski definition) is 2. The van der Waals surface area contributed by atoms with Gasteiger partial charge in [-0.15, -0.1) is 24.0 Å². The Morgan fingerprint density at radius 1 is 1.19 bits per heavy atom. The van der Waals surface area contributed by atoms with Crippen LogP contribution in [-0.2, 0) is 11.2 Å². The molecular formula is C19H22FIN4O. The Morgan fingerprint density at radius 3 is 2.65 bits per heavy atom. The summed E-state index contributed by atoms with van der Waals surface area (Å²) in [6, 6.07) is 13.9. The summed E-state index contributed by atoms with van der Waals surface area (Å²) in [6.45, 7) is 3.55. The molecule has 0 bridgehead atoms. The number of nitrogens with zero attached hydrogens (tertiary/aromatic N) is 2. The molecule has 1 aliphatic heterocycles. The van der Waals surface area contributed by atoms with Crippen LogP contribution in [0.5, 0.6) is 0 Å². The van der Waals surface area contributed by atoms with Gasteiger partial charge in [-0.25, -0.2) is 9.38 Å². The third kappa shape index (κ3) is 4.94. The number of carbonyl (C=O) groups excluding carboxylic acids is 1. The maximum Gasteiger partial charge on any atom is 0.246 e. The van der Waals surface area contributed by atoms with Crippen molar-refractivity contribution in [1.29, 1.82) is 0 Å². The van der Waals surface area contributed by atoms with Gasteiger partial charge in [-0.3, -0.25) is 4.79 Å². The van der Waals surface area contributed by atoms with E-state index in [9.17, 15) is 9.18 Å². The minimum atomic E-state index is -0.335. The first kappa shape index (κ1) is 20.2. The molecule has 7 heteroatoms. The number of guanidine groups is 1. The highest BCUT2D eigenvalue weighted by Gasteiger charge is 2.22. The molecule has 1 aliphatic rings. The minimum absolute atomic E-state index is 0. The summed E-state index contributed by atoms with van der Waals surface area (Å²) in [5.41, 5.74) is 2.96. The molecule has 0 saturated heterocycles. The van der Waals surface area contributed by atoms with Crippen molar-refractivity contribution < 1.29 is 9.18 Å². The van der Waals surface area contributed by atoms with E-state index in [-0.39, 0.29) is 42.2 Å². The molecule has 5 nitrogen and oxygen atoms in total. The number of anilines is 2. The Labute approximate surface area is 169 Å². The number of para-hydroxylation sites is 1. The molecule has 0 aromatic heterocycles. The highest BCUT2D eigenvalue weighted by Crippen LogP contribution is 2.27. The van der Waals surface area contributed by atoms with Crippen LogP contribution in [0.25, 0.3) is 0 Å². The smallest absolute Gasteiger partial charge is 0.246 e. The Balaban J connectivity index is 0.00000243. The summed E-state index contributed by atoms with van der Waals surface area (Å²) >= 11 is 0. The number of fused-ring (bicyclic) bond motifs is 1. The van der Waals surface area contributed by atoms with E-state index in [2.05, 4.69) is 32.7 Å². The maximum absolute atomic E-state index is 12.9. The fraction of sp³-hybridized carbons (Fsp3) is 0.263. The standard InChI is InChI=1S/C19H21FN4O.HI/c1-2-21-19(24-12-11-14-5-3-4-6-17(14)24)22-13-18(25)23-16-9-7-15(20)8-10-16;/h3-10H,2,11-13H2,1H3,(H,21,22)(H,23,25);1H. The predicted octanol–water partition coefficient (Wildman–Crippen LogP) is 3.41. The summed E-state index contributed by atoms with van der Waals surface area (Å²) in [5.74, 6) is 0.120. The van der Waals surface area contributed by atoms with Crippen molar-refractivity contribution in [2.45, 2.75) is 13.3 Å². The number of rotatable bonds is 4. The van der Waals surface area contributed by atoms with E-state index < -0.39 is 0 Å². The summed E-state index contributed by atoms with van der Waals surface area (Å²) in [5, 5.41) is 5.96. The van der Waals surface area contributed by atoms with Gasteiger partial charge in [-0.1, -0.05) is 18.2 Å². The fourth-order valence-electron chi connectivity index (χ4n) is 2.83. The lowest BCUT2D eigenvalue weighted by molar-refractivity contribution is -0.114. The summed E-state index contributed by atoms with van der Waals surface area (Å²) in [7, 11) is 0. The zero-order chi connectivity index (χ0) is 17.6. The summed E-state index contributed by atoms with van der Waals surface area (Å²) in [6.07, 6.45) is 0.961. The lowest BCUT2D eigenvalue weighted by atomic mass is 10.2. The van der Waals surface area contributed by atoms with Gasteiger partial charge in [0.25, 0.3) is 0 Å². The lowest BCUT2D eigenvalue weighted by Gasteiger charge is -2.22. The van der Waals surface area contributed by atoms with Crippen molar-refractivity contribution in [3.63, 3.8) is 0 Å². The summed E-state index contributed by atoms with van der Waals surface area (Å²) < 4.78 is 12.9. The van der Waals surface area contributed by atoms with Crippen LogP contribution in [0.3, 0.4) is 0 Å². The number of nitrogens with one attached hydrogen (secondary N) is 2. The van der Waals surface area contributed by atoms with Gasteiger partial charge in [0.15, 0.2) is 5.96 Å². The molecule has 138 valence electrons. The van der Waals surface area contributed by atoms with Crippen LogP contribution in [0.2, 0.25) is 0 Å². The van der Waals surface area contributed by atoms with Crippen molar-refractivity contribution in [1.82, 2.24) is 5.32 Å². The highest BCUT2D eigenvalue weighted by atomic mass is 127. The topological polar surface area (TPSA) is 56.7 Å². The average molecular weight is 468 g/mol. The molecule has 0 aliphatic carbocycles. The van der Waals surface area contributed by atoms with Crippen molar-refractivity contribution in [3.8, 4) is 0 Å². The molecule has 0 fully saturated rings. The molecule has 0 saturated carbocycles. The third-order valence-corrected chi connectivity index (χ3v) is 3.98. The van der Waals surface area contributed by atoms with Crippen LogP contribution in [0, 0.1) is 5.82 Å². The molecule has 0 unspecified atom stereocenters. The zero-order valence-electron chi connectivity index (χ0n) is 14.5. The minimum Gasteiger partial charge on any atom is -0.356 e. The van der Waals surface area contributed by atoms with Crippen LogP contribution >= 0.6 is 24.0 Å². The van der Waals surface area contributed by atoms with E-state index in [0.29, 0.717) is 11.6 Å². The van der Waals surface area contributed by atoms with Crippen LogP contribution < -0.4 is 15.5 Å². The molecule has 0 atom stereocenters. The van der Waals surface area contributed by atoms with E-state index in [4.69, 9.17) is 0 Å². The number of carbonyl (C=O) groups is 1. The molecule has 1 heterocycles. The Morgan fingerprint density at radius 2 is 1.92 bits per heavy atom. The van der Waals surface area contributed by atoms with Gasteiger partial charge < -0.3 is 15.5 Å². The van der Waals surface area contributed by atoms with Gasteiger partial charge in [-0.05, 0) is 49.2 Å². The number of hydrogen-bond acceptors (Lipinski definition) is 2. The molecule has 0 spiro atoms. The van der Waals surface area contributed by atoms with Crippen molar-refractivity contribution in [2.75, 3.05) is 29.9 Å². The SMILES string of the molecule is CCNC(=NCC(=O)Nc1ccc(F)cc1)N1CCc2ccccc21.I. The predicted molar refractivity (Wildman–Crippen MR) is 114 cm³/mol. The van der Waals surface area contributed by atoms with Crippen LogP contribution in [0.15, 0.2) is 53.5 Å². The van der Waals surface area contributed by atoms with Crippen molar-refractivity contribution in [3.05, 3.63) is 59.9 Å². The van der Waals surface area contributed by atoms with E-state index >= 15 is 0 Å². The largest absolute Gasteiger partial charge is 0.356 e. The van der Waals surface area contributed by atoms with E-state index in [1.807, 2.05) is 19.1 Å². The zero-order valence-corrected chi connectivity index (χ0v) is 16.9. The van der Waals surface area contributed by atoms with Crippen LogP contribution in [0.4, 0.5) is 15.8 Å². The second-order valence-corrected chi connectivity index (χ2v) is 5.76. The normalized spacial score (nSPS) is 13.0. The monoisotopic (exact) mass is 468 g/mol. The third-order valence-electron chi connectivity index (χ3n) is 3.98. The fourth-order valence-corrected chi connectivity index (χ4v) is 2.83. The molecule has 0 radical (unpaired) electrons. The van der Waals surface area contributed by atoms with Gasteiger partial charge in [0, 0.05) is 24.5 Å². The number of aliphatic imine (C=N–C) groups is 1. The first-order chi connectivity index (χ1) is 12.2. The van der Waals surface area contributed by atoms with Gasteiger partial charge in [-0.2, -0.15) is 0 Å². The molecule has 26 heavy (non-hydrogen) atoms. The summed E-state index contributed by atoms with van der Waals surface area (Å²) in [4.78, 5) is 18.7. The van der Waals surface area contributed by atoms with E-state index in [1.165, 1.54) is 29.8 Å². The molecule has 2 aromatic rings. The van der Waals surface area contributed by atoms with Crippen molar-refractivity contribution in [2.24, 2.45) is 4.99 Å². The Kier molecular flexibility index (Phi) is 7.38. The van der Waals surface area contributed by atoms with Gasteiger partial charge in [0.05, 0.1) is 0 Å². The first-order valence-electron chi connectivity index (χ1n) is 8.36. The Hall–Kier alpha value is -2.16. The molecule has 1 amide bonds. The Bertz CT molecular complexity index is 779. The molecule has 3 rings (SSSR count). The second kappa shape index (κ2) is 9.51. The number of amides is 1. The lowest BCUT2D eigenvalue weighted by Crippen LogP contribution is -2.41.